The number of hydrogen-bond donors (Lipinski definition) is 0. The van der Waals surface area contributed by atoms with Crippen LogP contribution in [0.15, 0.2) is 215 Å². The van der Waals surface area contributed by atoms with Gasteiger partial charge in [-0.25, -0.2) is 0 Å². The Morgan fingerprint density at radius 1 is 0.417 bits per heavy atom. The van der Waals surface area contributed by atoms with Gasteiger partial charge in [-0.15, -0.1) is 23.5 Å². The van der Waals surface area contributed by atoms with Crippen LogP contribution in [-0.4, -0.2) is 40.7 Å². The van der Waals surface area contributed by atoms with E-state index in [2.05, 4.69) is 84.9 Å². The minimum absolute atomic E-state index is 0.0873. The van der Waals surface area contributed by atoms with Gasteiger partial charge in [-0.2, -0.15) is 0 Å². The van der Waals surface area contributed by atoms with Crippen molar-refractivity contribution in [2.45, 2.75) is 84.0 Å². The number of carbonyl (C=O) groups is 1. The number of thioether (sulfide) groups is 2. The summed E-state index contributed by atoms with van der Waals surface area (Å²) in [7, 11) is 0. The highest BCUT2D eigenvalue weighted by Gasteiger charge is 2.45. The molecule has 6 aromatic carbocycles. The van der Waals surface area contributed by atoms with E-state index in [0.717, 1.165) is 43.2 Å². The van der Waals surface area contributed by atoms with Gasteiger partial charge in [-0.05, 0) is 70.5 Å². The lowest BCUT2D eigenvalue weighted by Crippen LogP contribution is -2.40. The molecule has 60 heavy (non-hydrogen) atoms. The molecule has 6 aromatic rings. The van der Waals surface area contributed by atoms with Gasteiger partial charge in [-0.3, -0.25) is 4.79 Å². The van der Waals surface area contributed by atoms with Gasteiger partial charge in [0.05, 0.1) is 49.1 Å². The first-order chi connectivity index (χ1) is 29.7. The van der Waals surface area contributed by atoms with E-state index >= 15 is 4.79 Å². The second-order valence-electron chi connectivity index (χ2n) is 15.0. The minimum Gasteiger partial charge on any atom is -0.370 e. The fourth-order valence-electron chi connectivity index (χ4n) is 7.71. The number of rotatable bonds is 20. The van der Waals surface area contributed by atoms with Crippen LogP contribution in [0.3, 0.4) is 0 Å². The minimum atomic E-state index is -0.570. The number of hydrogen-bond acceptors (Lipinski definition) is 7. The van der Waals surface area contributed by atoms with Crippen LogP contribution in [0.25, 0.3) is 0 Å². The van der Waals surface area contributed by atoms with E-state index in [4.69, 9.17) is 18.9 Å². The van der Waals surface area contributed by atoms with Gasteiger partial charge in [0.1, 0.15) is 12.2 Å². The second kappa shape index (κ2) is 21.5. The van der Waals surface area contributed by atoms with Crippen molar-refractivity contribution in [3.8, 4) is 0 Å². The van der Waals surface area contributed by atoms with Gasteiger partial charge in [0, 0.05) is 9.79 Å². The van der Waals surface area contributed by atoms with Gasteiger partial charge in [0.15, 0.2) is 5.78 Å². The molecule has 8 rings (SSSR count). The van der Waals surface area contributed by atoms with Crippen molar-refractivity contribution in [1.82, 2.24) is 0 Å². The standard InChI is InChI=1S/C53H50O5S2/c54-49(52(59-43-27-15-5-16-28-43)45-31-33-47(55-35-39-19-7-1-8-20-39)50(45)57-37-41-23-11-3-12-24-41)53(60-44-29-17-6-18-30-44)46-32-34-48(56-36-40-21-9-2-10-22-40)51(46)58-38-42-25-13-4-14-26-42/h1-32,47-48,50-53H,33-38H2. The van der Waals surface area contributed by atoms with Crippen molar-refractivity contribution in [2.75, 3.05) is 0 Å². The predicted molar refractivity (Wildman–Crippen MR) is 243 cm³/mol. The highest BCUT2D eigenvalue weighted by atomic mass is 32.2. The summed E-state index contributed by atoms with van der Waals surface area (Å²) in [6, 6.07) is 61.3. The molecule has 6 atom stereocenters. The molecule has 2 aliphatic carbocycles. The molecule has 2 aliphatic rings. The third-order valence-electron chi connectivity index (χ3n) is 10.8. The Balaban J connectivity index is 1.14. The van der Waals surface area contributed by atoms with E-state index in [1.807, 2.05) is 109 Å². The van der Waals surface area contributed by atoms with Gasteiger partial charge in [0.2, 0.25) is 0 Å². The number of carbonyl (C=O) groups excluding carboxylic acids is 1. The topological polar surface area (TPSA) is 54.0 Å². The summed E-state index contributed by atoms with van der Waals surface area (Å²) in [5.41, 5.74) is 6.21. The Labute approximate surface area is 362 Å². The van der Waals surface area contributed by atoms with Crippen LogP contribution in [0.5, 0.6) is 0 Å². The molecule has 0 bridgehead atoms. The lowest BCUT2D eigenvalue weighted by atomic mass is 9.97. The molecule has 0 fully saturated rings. The Kier molecular flexibility index (Phi) is 15.0. The Hall–Kier alpha value is -4.99. The average molecular weight is 831 g/mol. The molecular weight excluding hydrogens is 781 g/mol. The smallest absolute Gasteiger partial charge is 0.167 e. The SMILES string of the molecule is O=C(C(Sc1ccccc1)C1=CCC(OCc2ccccc2)C1OCc1ccccc1)C(Sc1ccccc1)C1=CCC(OCc2ccccc2)C1OCc1ccccc1. The van der Waals surface area contributed by atoms with E-state index in [-0.39, 0.29) is 18.0 Å². The van der Waals surface area contributed by atoms with Crippen LogP contribution in [-0.2, 0) is 50.2 Å². The van der Waals surface area contributed by atoms with Crippen LogP contribution in [0.1, 0.15) is 35.1 Å². The summed E-state index contributed by atoms with van der Waals surface area (Å²) in [5, 5.41) is -1.14. The molecule has 0 aromatic heterocycles. The van der Waals surface area contributed by atoms with Crippen LogP contribution in [0.4, 0.5) is 0 Å². The van der Waals surface area contributed by atoms with Crippen LogP contribution in [0, 0.1) is 0 Å². The maximum absolute atomic E-state index is 15.9. The molecular formula is C53H50O5S2. The Bertz CT molecular complexity index is 2110. The van der Waals surface area contributed by atoms with Gasteiger partial charge < -0.3 is 18.9 Å². The predicted octanol–water partition coefficient (Wildman–Crippen LogP) is 11.9. The fourth-order valence-corrected chi connectivity index (χ4v) is 10.2. The number of benzene rings is 6. The van der Waals surface area contributed by atoms with Gasteiger partial charge in [0.25, 0.3) is 0 Å². The molecule has 0 N–H and O–H groups in total. The van der Waals surface area contributed by atoms with E-state index < -0.39 is 22.7 Å². The molecule has 0 saturated carbocycles. The maximum atomic E-state index is 15.9. The molecule has 0 radical (unpaired) electrons. The first-order valence-electron chi connectivity index (χ1n) is 20.7. The molecule has 5 nitrogen and oxygen atoms in total. The first-order valence-corrected chi connectivity index (χ1v) is 22.4. The maximum Gasteiger partial charge on any atom is 0.167 e. The fraction of sp³-hybridized carbons (Fsp3) is 0.226. The lowest BCUT2D eigenvalue weighted by molar-refractivity contribution is -0.118. The molecule has 7 heteroatoms. The van der Waals surface area contributed by atoms with Crippen LogP contribution < -0.4 is 0 Å². The lowest BCUT2D eigenvalue weighted by Gasteiger charge is -2.32. The molecule has 0 heterocycles. The second-order valence-corrected chi connectivity index (χ2v) is 17.4. The monoisotopic (exact) mass is 830 g/mol. The summed E-state index contributed by atoms with van der Waals surface area (Å²) >= 11 is 3.17. The van der Waals surface area contributed by atoms with Crippen molar-refractivity contribution in [3.05, 3.63) is 228 Å². The van der Waals surface area contributed by atoms with E-state index in [0.29, 0.717) is 39.3 Å². The van der Waals surface area contributed by atoms with E-state index in [1.54, 1.807) is 23.5 Å². The third kappa shape index (κ3) is 11.2. The number of Topliss-reactive ketones (excluding diaryl/α,β-unsaturated/α-hetero) is 1. The molecule has 0 aliphatic heterocycles. The molecule has 304 valence electrons. The summed E-state index contributed by atoms with van der Waals surface area (Å²) in [5.74, 6) is 0.0873. The van der Waals surface area contributed by atoms with Gasteiger partial charge in [-0.1, -0.05) is 170 Å². The largest absolute Gasteiger partial charge is 0.370 e. The van der Waals surface area contributed by atoms with Crippen molar-refractivity contribution in [1.29, 1.82) is 0 Å². The summed E-state index contributed by atoms with van der Waals surface area (Å²) in [6.07, 6.45) is 4.27. The molecule has 0 saturated heterocycles. The van der Waals surface area contributed by atoms with Crippen LogP contribution >= 0.6 is 23.5 Å². The quantitative estimate of drug-likeness (QED) is 0.0561. The van der Waals surface area contributed by atoms with Gasteiger partial charge >= 0.3 is 0 Å². The summed E-state index contributed by atoms with van der Waals surface area (Å²) in [6.45, 7) is 1.70. The number of ketones is 1. The van der Waals surface area contributed by atoms with Crippen molar-refractivity contribution >= 4 is 29.3 Å². The summed E-state index contributed by atoms with van der Waals surface area (Å²) in [4.78, 5) is 17.9. The normalized spacial score (nSPS) is 19.7. The Morgan fingerprint density at radius 3 is 1.02 bits per heavy atom. The molecule has 0 spiro atoms. The average Bonchev–Trinajstić information content (AvgIpc) is 3.92. The van der Waals surface area contributed by atoms with Crippen molar-refractivity contribution in [3.63, 3.8) is 0 Å². The zero-order chi connectivity index (χ0) is 40.8. The zero-order valence-corrected chi connectivity index (χ0v) is 35.2. The Morgan fingerprint density at radius 2 is 0.700 bits per heavy atom. The van der Waals surface area contributed by atoms with Crippen LogP contribution in [0.2, 0.25) is 0 Å². The first kappa shape index (κ1) is 41.7. The zero-order valence-electron chi connectivity index (χ0n) is 33.5. The number of ether oxygens (including phenoxy) is 4. The highest BCUT2D eigenvalue weighted by molar-refractivity contribution is 8.02. The van der Waals surface area contributed by atoms with E-state index in [9.17, 15) is 0 Å². The summed E-state index contributed by atoms with van der Waals surface area (Å²) < 4.78 is 27.1. The highest BCUT2D eigenvalue weighted by Crippen LogP contribution is 2.44. The third-order valence-corrected chi connectivity index (χ3v) is 13.3. The molecule has 6 unspecified atom stereocenters. The van der Waals surface area contributed by atoms with Crippen molar-refractivity contribution < 1.29 is 23.7 Å². The molecule has 0 amide bonds. The van der Waals surface area contributed by atoms with E-state index in [1.165, 1.54) is 0 Å². The van der Waals surface area contributed by atoms with Crippen molar-refractivity contribution in [2.24, 2.45) is 0 Å².